The molecule has 33 heavy (non-hydrogen) atoms. The fraction of sp³-hybridized carbons (Fsp3) is 0.143. The molecule has 0 saturated carbocycles. The lowest BCUT2D eigenvalue weighted by molar-refractivity contribution is 0.0948. The third-order valence-electron chi connectivity index (χ3n) is 5.97. The van der Waals surface area contributed by atoms with Gasteiger partial charge >= 0.3 is 0 Å². The summed E-state index contributed by atoms with van der Waals surface area (Å²) in [7, 11) is 1.58. The van der Waals surface area contributed by atoms with Gasteiger partial charge in [-0.1, -0.05) is 36.4 Å². The normalized spacial score (nSPS) is 11.1. The summed E-state index contributed by atoms with van der Waals surface area (Å²) in [5.74, 6) is 0.973. The molecule has 0 unspecified atom stereocenters. The summed E-state index contributed by atoms with van der Waals surface area (Å²) in [6.07, 6.45) is 0. The third kappa shape index (κ3) is 4.05. The number of aromatic nitrogens is 1. The van der Waals surface area contributed by atoms with Gasteiger partial charge < -0.3 is 14.5 Å². The molecule has 1 aromatic heterocycles. The Labute approximate surface area is 192 Å². The zero-order valence-electron chi connectivity index (χ0n) is 18.8. The van der Waals surface area contributed by atoms with Crippen LogP contribution in [0, 0.1) is 13.8 Å². The fourth-order valence-corrected chi connectivity index (χ4v) is 3.91. The SMILES string of the molecule is COc1cc2ccccc2cc1C(=O)NCc1ccc(-c2nc3cc(C)c(C)cc3o2)cc1. The molecule has 0 fully saturated rings. The highest BCUT2D eigenvalue weighted by molar-refractivity contribution is 6.01. The molecule has 4 aromatic carbocycles. The van der Waals surface area contributed by atoms with Gasteiger partial charge in [-0.2, -0.15) is 0 Å². The first kappa shape index (κ1) is 20.8. The summed E-state index contributed by atoms with van der Waals surface area (Å²) in [4.78, 5) is 17.5. The Morgan fingerprint density at radius 1 is 0.939 bits per heavy atom. The molecule has 0 aliphatic carbocycles. The summed E-state index contributed by atoms with van der Waals surface area (Å²) in [6.45, 7) is 4.54. The molecule has 0 radical (unpaired) electrons. The van der Waals surface area contributed by atoms with Crippen molar-refractivity contribution in [3.05, 3.63) is 95.1 Å². The van der Waals surface area contributed by atoms with Crippen molar-refractivity contribution in [2.24, 2.45) is 0 Å². The minimum absolute atomic E-state index is 0.175. The topological polar surface area (TPSA) is 64.4 Å². The summed E-state index contributed by atoms with van der Waals surface area (Å²) in [5, 5.41) is 5.02. The van der Waals surface area contributed by atoms with Gasteiger partial charge in [0.05, 0.1) is 12.7 Å². The second-order valence-corrected chi connectivity index (χ2v) is 8.20. The highest BCUT2D eigenvalue weighted by atomic mass is 16.5. The summed E-state index contributed by atoms with van der Waals surface area (Å²) >= 11 is 0. The molecule has 5 nitrogen and oxygen atoms in total. The fourth-order valence-electron chi connectivity index (χ4n) is 3.91. The number of amides is 1. The van der Waals surface area contributed by atoms with E-state index in [1.807, 2.05) is 72.8 Å². The maximum Gasteiger partial charge on any atom is 0.255 e. The average Bonchev–Trinajstić information content (AvgIpc) is 3.24. The summed E-state index contributed by atoms with van der Waals surface area (Å²) < 4.78 is 11.4. The molecule has 0 aliphatic rings. The van der Waals surface area contributed by atoms with Gasteiger partial charge in [0.2, 0.25) is 5.89 Å². The van der Waals surface area contributed by atoms with E-state index in [-0.39, 0.29) is 5.91 Å². The molecular weight excluding hydrogens is 412 g/mol. The van der Waals surface area contributed by atoms with E-state index in [9.17, 15) is 4.79 Å². The number of aryl methyl sites for hydroxylation is 2. The van der Waals surface area contributed by atoms with Crippen LogP contribution in [0.4, 0.5) is 0 Å². The van der Waals surface area contributed by atoms with Crippen molar-refractivity contribution >= 4 is 27.8 Å². The van der Waals surface area contributed by atoms with Crippen molar-refractivity contribution < 1.29 is 13.9 Å². The minimum atomic E-state index is -0.175. The minimum Gasteiger partial charge on any atom is -0.496 e. The van der Waals surface area contributed by atoms with Crippen molar-refractivity contribution in [1.82, 2.24) is 10.3 Å². The average molecular weight is 437 g/mol. The predicted octanol–water partition coefficient (Wildman–Crippen LogP) is 6.20. The van der Waals surface area contributed by atoms with Crippen LogP contribution in [0.2, 0.25) is 0 Å². The smallest absolute Gasteiger partial charge is 0.255 e. The van der Waals surface area contributed by atoms with Gasteiger partial charge in [-0.05, 0) is 77.7 Å². The van der Waals surface area contributed by atoms with Gasteiger partial charge in [-0.25, -0.2) is 4.98 Å². The Morgan fingerprint density at radius 3 is 2.36 bits per heavy atom. The lowest BCUT2D eigenvalue weighted by Gasteiger charge is -2.11. The number of oxazole rings is 1. The number of nitrogens with one attached hydrogen (secondary N) is 1. The third-order valence-corrected chi connectivity index (χ3v) is 5.97. The molecule has 0 saturated heterocycles. The van der Waals surface area contributed by atoms with Crippen LogP contribution >= 0.6 is 0 Å². The van der Waals surface area contributed by atoms with Crippen molar-refractivity contribution in [2.45, 2.75) is 20.4 Å². The lowest BCUT2D eigenvalue weighted by atomic mass is 10.1. The first-order chi connectivity index (χ1) is 16.0. The van der Waals surface area contributed by atoms with Crippen LogP contribution in [-0.4, -0.2) is 18.0 Å². The highest BCUT2D eigenvalue weighted by Crippen LogP contribution is 2.28. The highest BCUT2D eigenvalue weighted by Gasteiger charge is 2.14. The van der Waals surface area contributed by atoms with Crippen LogP contribution in [0.15, 0.2) is 77.2 Å². The monoisotopic (exact) mass is 436 g/mol. The molecule has 5 rings (SSSR count). The van der Waals surface area contributed by atoms with Crippen molar-refractivity contribution in [3.63, 3.8) is 0 Å². The molecule has 0 aliphatic heterocycles. The van der Waals surface area contributed by atoms with Gasteiger partial charge in [0, 0.05) is 12.1 Å². The van der Waals surface area contributed by atoms with Crippen molar-refractivity contribution in [3.8, 4) is 17.2 Å². The van der Waals surface area contributed by atoms with Gasteiger partial charge in [0.1, 0.15) is 11.3 Å². The van der Waals surface area contributed by atoms with E-state index < -0.39 is 0 Å². The number of fused-ring (bicyclic) bond motifs is 2. The molecule has 0 spiro atoms. The number of carbonyl (C=O) groups excluding carboxylic acids is 1. The molecule has 5 aromatic rings. The van der Waals surface area contributed by atoms with Crippen molar-refractivity contribution in [2.75, 3.05) is 7.11 Å². The summed E-state index contributed by atoms with van der Waals surface area (Å²) in [5.41, 5.74) is 6.41. The van der Waals surface area contributed by atoms with Crippen LogP contribution < -0.4 is 10.1 Å². The Morgan fingerprint density at radius 2 is 1.64 bits per heavy atom. The van der Waals surface area contributed by atoms with E-state index in [2.05, 4.69) is 24.1 Å². The molecule has 5 heteroatoms. The van der Waals surface area contributed by atoms with E-state index in [4.69, 9.17) is 9.15 Å². The molecule has 1 N–H and O–H groups in total. The molecule has 164 valence electrons. The Kier molecular flexibility index (Phi) is 5.31. The van der Waals surface area contributed by atoms with Crippen LogP contribution in [-0.2, 0) is 6.54 Å². The van der Waals surface area contributed by atoms with Crippen molar-refractivity contribution in [1.29, 1.82) is 0 Å². The second kappa shape index (κ2) is 8.43. The predicted molar refractivity (Wildman–Crippen MR) is 131 cm³/mol. The van der Waals surface area contributed by atoms with Crippen LogP contribution in [0.1, 0.15) is 27.0 Å². The Bertz CT molecular complexity index is 1440. The van der Waals surface area contributed by atoms with E-state index >= 15 is 0 Å². The number of ether oxygens (including phenoxy) is 1. The zero-order valence-corrected chi connectivity index (χ0v) is 18.8. The standard InChI is InChI=1S/C28H24N2O3/c1-17-12-24-26(13-18(17)2)33-28(30-24)20-10-8-19(9-11-20)16-29-27(31)23-14-21-6-4-5-7-22(21)15-25(23)32-3/h4-15H,16H2,1-3H3,(H,29,31). The van der Waals surface area contributed by atoms with E-state index in [1.54, 1.807) is 7.11 Å². The number of carbonyl (C=O) groups is 1. The molecule has 0 bridgehead atoms. The molecule has 1 amide bonds. The van der Waals surface area contributed by atoms with E-state index in [1.165, 1.54) is 11.1 Å². The number of nitrogens with zero attached hydrogens (tertiary/aromatic N) is 1. The number of benzene rings is 4. The van der Waals surface area contributed by atoms with Crippen LogP contribution in [0.25, 0.3) is 33.3 Å². The zero-order chi connectivity index (χ0) is 22.9. The van der Waals surface area contributed by atoms with E-state index in [0.717, 1.165) is 33.0 Å². The van der Waals surface area contributed by atoms with Gasteiger partial charge in [0.25, 0.3) is 5.91 Å². The van der Waals surface area contributed by atoms with Gasteiger partial charge in [0.15, 0.2) is 5.58 Å². The molecular formula is C28H24N2O3. The van der Waals surface area contributed by atoms with Crippen LogP contribution in [0.5, 0.6) is 5.75 Å². The maximum atomic E-state index is 12.9. The maximum absolute atomic E-state index is 12.9. The second-order valence-electron chi connectivity index (χ2n) is 8.20. The Hall–Kier alpha value is -4.12. The first-order valence-electron chi connectivity index (χ1n) is 10.8. The molecule has 0 atom stereocenters. The van der Waals surface area contributed by atoms with Gasteiger partial charge in [-0.3, -0.25) is 4.79 Å². The largest absolute Gasteiger partial charge is 0.496 e. The quantitative estimate of drug-likeness (QED) is 0.356. The lowest BCUT2D eigenvalue weighted by Crippen LogP contribution is -2.23. The number of hydrogen-bond donors (Lipinski definition) is 1. The number of hydrogen-bond acceptors (Lipinski definition) is 4. The van der Waals surface area contributed by atoms with E-state index in [0.29, 0.717) is 23.7 Å². The Balaban J connectivity index is 1.32. The van der Waals surface area contributed by atoms with Crippen LogP contribution in [0.3, 0.4) is 0 Å². The molecule has 1 heterocycles. The number of rotatable bonds is 5. The summed E-state index contributed by atoms with van der Waals surface area (Å²) in [6, 6.07) is 23.6. The number of methoxy groups -OCH3 is 1. The van der Waals surface area contributed by atoms with Gasteiger partial charge in [-0.15, -0.1) is 0 Å². The first-order valence-corrected chi connectivity index (χ1v) is 10.8.